The number of nitro groups is 1. The van der Waals surface area contributed by atoms with Gasteiger partial charge < -0.3 is 9.64 Å². The SMILES string of the molecule is CCOC(=O)CN1CC=Nc2cc(C(F)(F)F)c([N+](=O)[O-])cc21. The first-order chi connectivity index (χ1) is 10.7. The summed E-state index contributed by atoms with van der Waals surface area (Å²) in [5.74, 6) is -0.587. The number of hydrogen-bond acceptors (Lipinski definition) is 6. The quantitative estimate of drug-likeness (QED) is 0.481. The maximum Gasteiger partial charge on any atom is 0.423 e. The molecule has 0 bridgehead atoms. The Balaban J connectivity index is 2.47. The third kappa shape index (κ3) is 3.58. The van der Waals surface area contributed by atoms with Crippen LogP contribution in [0.3, 0.4) is 0 Å². The van der Waals surface area contributed by atoms with Gasteiger partial charge in [0.2, 0.25) is 0 Å². The molecule has 0 unspecified atom stereocenters. The molecule has 124 valence electrons. The Morgan fingerprint density at radius 1 is 1.48 bits per heavy atom. The number of fused-ring (bicyclic) bond motifs is 1. The number of aliphatic imine (C=N–C) groups is 1. The van der Waals surface area contributed by atoms with Crippen molar-refractivity contribution in [3.8, 4) is 0 Å². The molecule has 10 heteroatoms. The summed E-state index contributed by atoms with van der Waals surface area (Å²) in [6, 6.07) is 1.40. The summed E-state index contributed by atoms with van der Waals surface area (Å²) in [6.45, 7) is 1.66. The lowest BCUT2D eigenvalue weighted by molar-refractivity contribution is -0.388. The summed E-state index contributed by atoms with van der Waals surface area (Å²) in [5, 5.41) is 10.9. The van der Waals surface area contributed by atoms with E-state index in [2.05, 4.69) is 4.99 Å². The van der Waals surface area contributed by atoms with E-state index in [-0.39, 0.29) is 31.1 Å². The molecule has 2 rings (SSSR count). The average Bonchev–Trinajstić information content (AvgIpc) is 2.45. The average molecular weight is 331 g/mol. The van der Waals surface area contributed by atoms with E-state index >= 15 is 0 Å². The van der Waals surface area contributed by atoms with Gasteiger partial charge in [-0.05, 0) is 13.0 Å². The van der Waals surface area contributed by atoms with E-state index in [0.29, 0.717) is 6.07 Å². The van der Waals surface area contributed by atoms with Crippen LogP contribution in [0.15, 0.2) is 17.1 Å². The van der Waals surface area contributed by atoms with Crippen molar-refractivity contribution in [3.05, 3.63) is 27.8 Å². The summed E-state index contributed by atoms with van der Waals surface area (Å²) in [5.41, 5.74) is -2.46. The number of nitrogens with zero attached hydrogens (tertiary/aromatic N) is 3. The Labute approximate surface area is 128 Å². The molecule has 1 aromatic rings. The minimum atomic E-state index is -4.88. The monoisotopic (exact) mass is 331 g/mol. The lowest BCUT2D eigenvalue weighted by Gasteiger charge is -2.26. The summed E-state index contributed by atoms with van der Waals surface area (Å²) < 4.78 is 43.6. The third-order valence-corrected chi connectivity index (χ3v) is 3.09. The normalized spacial score (nSPS) is 13.7. The van der Waals surface area contributed by atoms with Gasteiger partial charge in [0.25, 0.3) is 5.69 Å². The highest BCUT2D eigenvalue weighted by molar-refractivity contribution is 5.87. The van der Waals surface area contributed by atoms with Crippen LogP contribution in [0.5, 0.6) is 0 Å². The van der Waals surface area contributed by atoms with Gasteiger partial charge in [0.15, 0.2) is 0 Å². The Morgan fingerprint density at radius 3 is 2.74 bits per heavy atom. The molecular weight excluding hydrogens is 319 g/mol. The van der Waals surface area contributed by atoms with Gasteiger partial charge in [0.1, 0.15) is 12.1 Å². The number of benzene rings is 1. The first kappa shape index (κ1) is 16.7. The second-order valence-corrected chi connectivity index (χ2v) is 4.61. The number of anilines is 1. The number of esters is 1. The van der Waals surface area contributed by atoms with E-state index in [1.165, 1.54) is 11.1 Å². The van der Waals surface area contributed by atoms with Crippen molar-refractivity contribution < 1.29 is 27.6 Å². The standard InChI is InChI=1S/C13H12F3N3O4/c1-2-23-12(20)7-18-4-3-17-9-5-8(13(14,15)16)10(19(21)22)6-11(9)18/h3,5-6H,2,4,7H2,1H3. The molecule has 1 aliphatic rings. The van der Waals surface area contributed by atoms with E-state index in [1.54, 1.807) is 6.92 Å². The van der Waals surface area contributed by atoms with Gasteiger partial charge in [-0.2, -0.15) is 13.2 Å². The number of nitro benzene ring substituents is 1. The fourth-order valence-electron chi connectivity index (χ4n) is 2.15. The molecule has 1 heterocycles. The summed E-state index contributed by atoms with van der Waals surface area (Å²) >= 11 is 0. The molecule has 1 aliphatic heterocycles. The molecule has 0 spiro atoms. The van der Waals surface area contributed by atoms with Gasteiger partial charge in [0, 0.05) is 12.3 Å². The lowest BCUT2D eigenvalue weighted by atomic mass is 10.1. The van der Waals surface area contributed by atoms with Crippen LogP contribution in [-0.2, 0) is 15.7 Å². The molecule has 1 aromatic carbocycles. The van der Waals surface area contributed by atoms with Gasteiger partial charge in [-0.1, -0.05) is 0 Å². The fraction of sp³-hybridized carbons (Fsp3) is 0.385. The predicted molar refractivity (Wildman–Crippen MR) is 75.1 cm³/mol. The van der Waals surface area contributed by atoms with Crippen LogP contribution in [-0.4, -0.2) is 36.8 Å². The van der Waals surface area contributed by atoms with Crippen molar-refractivity contribution in [2.45, 2.75) is 13.1 Å². The highest BCUT2D eigenvalue weighted by atomic mass is 19.4. The molecule has 0 saturated heterocycles. The van der Waals surface area contributed by atoms with Crippen molar-refractivity contribution in [2.75, 3.05) is 24.6 Å². The van der Waals surface area contributed by atoms with E-state index in [9.17, 15) is 28.1 Å². The van der Waals surface area contributed by atoms with Crippen LogP contribution in [0, 0.1) is 10.1 Å². The summed E-state index contributed by atoms with van der Waals surface area (Å²) in [4.78, 5) is 26.6. The number of rotatable bonds is 4. The van der Waals surface area contributed by atoms with Crippen LogP contribution in [0.4, 0.5) is 30.2 Å². The minimum Gasteiger partial charge on any atom is -0.465 e. The second kappa shape index (κ2) is 6.23. The zero-order valence-electron chi connectivity index (χ0n) is 12.0. The smallest absolute Gasteiger partial charge is 0.423 e. The molecular formula is C13H12F3N3O4. The zero-order valence-corrected chi connectivity index (χ0v) is 12.0. The molecule has 0 aliphatic carbocycles. The van der Waals surface area contributed by atoms with Crippen LogP contribution in [0.1, 0.15) is 12.5 Å². The van der Waals surface area contributed by atoms with Crippen LogP contribution >= 0.6 is 0 Å². The second-order valence-electron chi connectivity index (χ2n) is 4.61. The lowest BCUT2D eigenvalue weighted by Crippen LogP contribution is -2.34. The van der Waals surface area contributed by atoms with Gasteiger partial charge in [0.05, 0.1) is 29.4 Å². The van der Waals surface area contributed by atoms with Gasteiger partial charge in [-0.15, -0.1) is 0 Å². The van der Waals surface area contributed by atoms with Crippen molar-refractivity contribution >= 4 is 29.2 Å². The molecule has 0 atom stereocenters. The van der Waals surface area contributed by atoms with Crippen molar-refractivity contribution in [1.29, 1.82) is 0 Å². The molecule has 0 aromatic heterocycles. The zero-order chi connectivity index (χ0) is 17.2. The van der Waals surface area contributed by atoms with Gasteiger partial charge in [-0.25, -0.2) is 0 Å². The Kier molecular flexibility index (Phi) is 4.52. The van der Waals surface area contributed by atoms with Crippen molar-refractivity contribution in [1.82, 2.24) is 0 Å². The molecule has 0 fully saturated rings. The number of carbonyl (C=O) groups excluding carboxylic acids is 1. The summed E-state index contributed by atoms with van der Waals surface area (Å²) in [7, 11) is 0. The highest BCUT2D eigenvalue weighted by Crippen LogP contribution is 2.43. The van der Waals surface area contributed by atoms with E-state index < -0.39 is 28.3 Å². The van der Waals surface area contributed by atoms with Crippen LogP contribution in [0.2, 0.25) is 0 Å². The molecule has 7 nitrogen and oxygen atoms in total. The predicted octanol–water partition coefficient (Wildman–Crippen LogP) is 2.70. The van der Waals surface area contributed by atoms with E-state index in [1.807, 2.05) is 0 Å². The number of alkyl halides is 3. The minimum absolute atomic E-state index is 0.0836. The summed E-state index contributed by atoms with van der Waals surface area (Å²) in [6.07, 6.45) is -3.55. The van der Waals surface area contributed by atoms with Crippen LogP contribution in [0.25, 0.3) is 0 Å². The number of carbonyl (C=O) groups is 1. The highest BCUT2D eigenvalue weighted by Gasteiger charge is 2.40. The number of halogens is 3. The molecule has 0 amide bonds. The van der Waals surface area contributed by atoms with E-state index in [0.717, 1.165) is 6.07 Å². The molecule has 23 heavy (non-hydrogen) atoms. The van der Waals surface area contributed by atoms with Gasteiger partial charge in [-0.3, -0.25) is 19.9 Å². The first-order valence-corrected chi connectivity index (χ1v) is 6.56. The molecule has 0 saturated carbocycles. The fourth-order valence-corrected chi connectivity index (χ4v) is 2.15. The maximum atomic E-state index is 12.9. The third-order valence-electron chi connectivity index (χ3n) is 3.09. The van der Waals surface area contributed by atoms with Crippen LogP contribution < -0.4 is 4.90 Å². The van der Waals surface area contributed by atoms with Crippen molar-refractivity contribution in [3.63, 3.8) is 0 Å². The topological polar surface area (TPSA) is 85.0 Å². The Bertz CT molecular complexity index is 673. The Hall–Kier alpha value is -2.65. The first-order valence-electron chi connectivity index (χ1n) is 6.56. The Morgan fingerprint density at radius 2 is 2.17 bits per heavy atom. The maximum absolute atomic E-state index is 12.9. The van der Waals surface area contributed by atoms with Crippen molar-refractivity contribution in [2.24, 2.45) is 4.99 Å². The van der Waals surface area contributed by atoms with E-state index in [4.69, 9.17) is 4.74 Å². The number of hydrogen-bond donors (Lipinski definition) is 0. The molecule has 0 radical (unpaired) electrons. The number of ether oxygens (including phenoxy) is 1. The van der Waals surface area contributed by atoms with Gasteiger partial charge >= 0.3 is 12.1 Å². The molecule has 0 N–H and O–H groups in total. The largest absolute Gasteiger partial charge is 0.465 e.